The molecule has 0 aromatic carbocycles. The van der Waals surface area contributed by atoms with E-state index in [0.29, 0.717) is 5.75 Å². The van der Waals surface area contributed by atoms with Crippen molar-refractivity contribution in [1.82, 2.24) is 4.98 Å². The highest BCUT2D eigenvalue weighted by Crippen LogP contribution is 2.14. The van der Waals surface area contributed by atoms with E-state index in [1.54, 1.807) is 6.92 Å². The highest BCUT2D eigenvalue weighted by Gasteiger charge is 1.98. The molecule has 0 fully saturated rings. The van der Waals surface area contributed by atoms with Crippen molar-refractivity contribution in [2.24, 2.45) is 0 Å². The molecule has 1 rings (SSSR count). The molecule has 0 aliphatic carbocycles. The molecule has 1 aromatic heterocycles. The number of pyridine rings is 1. The van der Waals surface area contributed by atoms with Gasteiger partial charge in [0.2, 0.25) is 5.95 Å². The van der Waals surface area contributed by atoms with Gasteiger partial charge in [-0.05, 0) is 18.6 Å². The number of aromatic nitrogens is 1. The van der Waals surface area contributed by atoms with Crippen LogP contribution >= 0.6 is 0 Å². The smallest absolute Gasteiger partial charge is 0.213 e. The maximum Gasteiger partial charge on any atom is 0.213 e. The molecule has 0 N–H and O–H groups in total. The van der Waals surface area contributed by atoms with Gasteiger partial charge in [-0.3, -0.25) is 0 Å². The van der Waals surface area contributed by atoms with Crippen LogP contribution in [0.2, 0.25) is 0 Å². The number of methoxy groups -OCH3 is 1. The van der Waals surface area contributed by atoms with Crippen molar-refractivity contribution >= 4 is 0 Å². The van der Waals surface area contributed by atoms with Crippen LogP contribution < -0.4 is 4.74 Å². The molecule has 0 aliphatic heterocycles. The summed E-state index contributed by atoms with van der Waals surface area (Å²) in [7, 11) is 1.53. The number of ether oxygens (including phenoxy) is 1. The summed E-state index contributed by atoms with van der Waals surface area (Å²) in [5.41, 5.74) is 0.759. The fourth-order valence-electron chi connectivity index (χ4n) is 0.723. The molecule has 10 heavy (non-hydrogen) atoms. The molecule has 1 heterocycles. The van der Waals surface area contributed by atoms with Crippen LogP contribution in [0.1, 0.15) is 5.56 Å². The molecule has 0 radical (unpaired) electrons. The summed E-state index contributed by atoms with van der Waals surface area (Å²) in [5, 5.41) is 0. The Morgan fingerprint density at radius 2 is 2.30 bits per heavy atom. The molecule has 0 saturated carbocycles. The van der Waals surface area contributed by atoms with Gasteiger partial charge < -0.3 is 4.74 Å². The minimum atomic E-state index is -0.474. The van der Waals surface area contributed by atoms with E-state index in [1.165, 1.54) is 19.4 Å². The van der Waals surface area contributed by atoms with E-state index in [4.69, 9.17) is 4.74 Å². The fraction of sp³-hybridized carbons (Fsp3) is 0.286. The van der Waals surface area contributed by atoms with Crippen LogP contribution in [0.5, 0.6) is 5.75 Å². The van der Waals surface area contributed by atoms with Crippen LogP contribution in [0.15, 0.2) is 12.3 Å². The number of nitrogens with zero attached hydrogens (tertiary/aromatic N) is 1. The van der Waals surface area contributed by atoms with E-state index in [9.17, 15) is 4.39 Å². The Morgan fingerprint density at radius 3 is 2.80 bits per heavy atom. The summed E-state index contributed by atoms with van der Waals surface area (Å²) >= 11 is 0. The fourth-order valence-corrected chi connectivity index (χ4v) is 0.723. The number of hydrogen-bond donors (Lipinski definition) is 0. The van der Waals surface area contributed by atoms with Crippen molar-refractivity contribution in [2.75, 3.05) is 7.11 Å². The third-order valence-corrected chi connectivity index (χ3v) is 1.25. The van der Waals surface area contributed by atoms with Gasteiger partial charge in [0.15, 0.2) is 0 Å². The van der Waals surface area contributed by atoms with Crippen molar-refractivity contribution in [1.29, 1.82) is 0 Å². The Hall–Kier alpha value is -1.12. The van der Waals surface area contributed by atoms with Crippen LogP contribution in [0.25, 0.3) is 0 Å². The maximum absolute atomic E-state index is 12.3. The van der Waals surface area contributed by atoms with Crippen molar-refractivity contribution in [3.63, 3.8) is 0 Å². The largest absolute Gasteiger partial charge is 0.495 e. The summed E-state index contributed by atoms with van der Waals surface area (Å²) in [6.45, 7) is 1.77. The summed E-state index contributed by atoms with van der Waals surface area (Å²) < 4.78 is 17.2. The van der Waals surface area contributed by atoms with Gasteiger partial charge in [-0.1, -0.05) is 0 Å². The molecule has 0 spiro atoms. The van der Waals surface area contributed by atoms with E-state index in [-0.39, 0.29) is 0 Å². The highest BCUT2D eigenvalue weighted by atomic mass is 19.1. The van der Waals surface area contributed by atoms with Crippen molar-refractivity contribution in [2.45, 2.75) is 6.92 Å². The summed E-state index contributed by atoms with van der Waals surface area (Å²) in [4.78, 5) is 3.42. The first-order valence-corrected chi connectivity index (χ1v) is 2.90. The second kappa shape index (κ2) is 2.64. The molecule has 0 amide bonds. The average Bonchev–Trinajstić information content (AvgIpc) is 1.88. The lowest BCUT2D eigenvalue weighted by atomic mass is 10.3. The van der Waals surface area contributed by atoms with Gasteiger partial charge in [-0.15, -0.1) is 0 Å². The zero-order chi connectivity index (χ0) is 7.56. The lowest BCUT2D eigenvalue weighted by molar-refractivity contribution is 0.406. The normalized spacial score (nSPS) is 9.50. The third kappa shape index (κ3) is 1.23. The van der Waals surface area contributed by atoms with E-state index >= 15 is 0 Å². The lowest BCUT2D eigenvalue weighted by Gasteiger charge is -2.01. The molecule has 1 aromatic rings. The standard InChI is InChI=1S/C7H8FNO/c1-5-3-7(8)9-4-6(5)10-2/h3-4H,1-2H3. The molecule has 2 nitrogen and oxygen atoms in total. The number of halogens is 1. The Bertz CT molecular complexity index is 237. The zero-order valence-electron chi connectivity index (χ0n) is 5.89. The van der Waals surface area contributed by atoms with Crippen LogP contribution in [-0.4, -0.2) is 12.1 Å². The van der Waals surface area contributed by atoms with E-state index in [1.807, 2.05) is 0 Å². The Labute approximate surface area is 58.7 Å². The first kappa shape index (κ1) is 6.99. The summed E-state index contributed by atoms with van der Waals surface area (Å²) in [6.07, 6.45) is 1.37. The predicted octanol–water partition coefficient (Wildman–Crippen LogP) is 1.54. The molecule has 0 saturated heterocycles. The van der Waals surface area contributed by atoms with Gasteiger partial charge >= 0.3 is 0 Å². The second-order valence-corrected chi connectivity index (χ2v) is 1.98. The number of rotatable bonds is 1. The summed E-state index contributed by atoms with van der Waals surface area (Å²) in [5.74, 6) is 0.139. The highest BCUT2D eigenvalue weighted by molar-refractivity contribution is 5.28. The topological polar surface area (TPSA) is 22.1 Å². The zero-order valence-corrected chi connectivity index (χ0v) is 5.89. The van der Waals surface area contributed by atoms with Crippen LogP contribution in [-0.2, 0) is 0 Å². The van der Waals surface area contributed by atoms with E-state index in [0.717, 1.165) is 5.56 Å². The number of aryl methyl sites for hydroxylation is 1. The monoisotopic (exact) mass is 141 g/mol. The Balaban J connectivity index is 3.07. The van der Waals surface area contributed by atoms with Crippen molar-refractivity contribution < 1.29 is 9.13 Å². The summed E-state index contributed by atoms with van der Waals surface area (Å²) in [6, 6.07) is 1.33. The third-order valence-electron chi connectivity index (χ3n) is 1.25. The van der Waals surface area contributed by atoms with Gasteiger partial charge in [0.05, 0.1) is 13.3 Å². The van der Waals surface area contributed by atoms with Gasteiger partial charge in [-0.25, -0.2) is 4.98 Å². The molecule has 54 valence electrons. The minimum absolute atomic E-state index is 0.474. The molecule has 0 unspecified atom stereocenters. The van der Waals surface area contributed by atoms with Gasteiger partial charge in [0, 0.05) is 0 Å². The first-order valence-electron chi connectivity index (χ1n) is 2.90. The van der Waals surface area contributed by atoms with Gasteiger partial charge in [-0.2, -0.15) is 4.39 Å². The average molecular weight is 141 g/mol. The minimum Gasteiger partial charge on any atom is -0.495 e. The van der Waals surface area contributed by atoms with E-state index in [2.05, 4.69) is 4.98 Å². The molecule has 0 atom stereocenters. The van der Waals surface area contributed by atoms with Gasteiger partial charge in [0.25, 0.3) is 0 Å². The van der Waals surface area contributed by atoms with Crippen LogP contribution in [0.3, 0.4) is 0 Å². The Kier molecular flexibility index (Phi) is 1.85. The maximum atomic E-state index is 12.3. The second-order valence-electron chi connectivity index (χ2n) is 1.98. The predicted molar refractivity (Wildman–Crippen MR) is 35.5 cm³/mol. The van der Waals surface area contributed by atoms with Crippen LogP contribution in [0.4, 0.5) is 4.39 Å². The first-order chi connectivity index (χ1) is 4.74. The molecular formula is C7H8FNO. The van der Waals surface area contributed by atoms with E-state index < -0.39 is 5.95 Å². The van der Waals surface area contributed by atoms with Crippen molar-refractivity contribution in [3.05, 3.63) is 23.8 Å². The quantitative estimate of drug-likeness (QED) is 0.553. The SMILES string of the molecule is COc1cnc(F)cc1C. The van der Waals surface area contributed by atoms with Gasteiger partial charge in [0.1, 0.15) is 5.75 Å². The molecule has 0 aliphatic rings. The van der Waals surface area contributed by atoms with Crippen molar-refractivity contribution in [3.8, 4) is 5.75 Å². The molecule has 0 bridgehead atoms. The lowest BCUT2D eigenvalue weighted by Crippen LogP contribution is -1.90. The Morgan fingerprint density at radius 1 is 1.60 bits per heavy atom. The van der Waals surface area contributed by atoms with Crippen LogP contribution in [0, 0.1) is 12.9 Å². The molecule has 3 heteroatoms. The molecular weight excluding hydrogens is 133 g/mol. The number of hydrogen-bond acceptors (Lipinski definition) is 2.